The highest BCUT2D eigenvalue weighted by Gasteiger charge is 2.30. The Morgan fingerprint density at radius 3 is 2.50 bits per heavy atom. The first-order chi connectivity index (χ1) is 14.0. The van der Waals surface area contributed by atoms with Crippen LogP contribution in [0.25, 0.3) is 0 Å². The molecule has 2 N–H and O–H groups in total. The van der Waals surface area contributed by atoms with Crippen molar-refractivity contribution in [3.8, 4) is 11.6 Å². The number of carbonyl (C=O) groups is 1. The van der Waals surface area contributed by atoms with E-state index in [0.29, 0.717) is 0 Å². The highest BCUT2D eigenvalue weighted by molar-refractivity contribution is 7.89. The number of alkyl halides is 3. The molecule has 8 nitrogen and oxygen atoms in total. The molecule has 0 aliphatic heterocycles. The Labute approximate surface area is 171 Å². The van der Waals surface area contributed by atoms with Gasteiger partial charge in [-0.2, -0.15) is 17.5 Å². The molecule has 0 saturated heterocycles. The minimum absolute atomic E-state index is 0.168. The van der Waals surface area contributed by atoms with E-state index in [-0.39, 0.29) is 29.2 Å². The lowest BCUT2D eigenvalue weighted by molar-refractivity contribution is -0.154. The van der Waals surface area contributed by atoms with E-state index in [0.717, 1.165) is 18.3 Å². The molecule has 164 valence electrons. The first-order valence-corrected chi connectivity index (χ1v) is 10.2. The maximum absolute atomic E-state index is 12.6. The fraction of sp³-hybridized carbons (Fsp3) is 0.333. The number of halogens is 3. The predicted molar refractivity (Wildman–Crippen MR) is 102 cm³/mol. The van der Waals surface area contributed by atoms with Crippen LogP contribution in [-0.2, 0) is 10.0 Å². The average Bonchev–Trinajstić information content (AvgIpc) is 2.68. The van der Waals surface area contributed by atoms with Crippen molar-refractivity contribution in [1.29, 1.82) is 0 Å². The summed E-state index contributed by atoms with van der Waals surface area (Å²) in [5.74, 6) is -1.92. The topological polar surface area (TPSA) is 109 Å². The van der Waals surface area contributed by atoms with Gasteiger partial charge < -0.3 is 15.2 Å². The number of carbonyl (C=O) groups excluding carboxylic acids is 1. The number of nitrogens with one attached hydrogen (secondary N) is 1. The molecule has 0 aliphatic carbocycles. The lowest BCUT2D eigenvalue weighted by Gasteiger charge is -2.19. The van der Waals surface area contributed by atoms with Crippen molar-refractivity contribution in [2.24, 2.45) is 0 Å². The second-order valence-corrected chi connectivity index (χ2v) is 7.92. The van der Waals surface area contributed by atoms with Crippen LogP contribution in [0.15, 0.2) is 41.4 Å². The Morgan fingerprint density at radius 2 is 1.90 bits per heavy atom. The first kappa shape index (κ1) is 23.4. The number of ether oxygens (including phenoxy) is 1. The van der Waals surface area contributed by atoms with Crippen LogP contribution in [0, 0.1) is 0 Å². The van der Waals surface area contributed by atoms with E-state index in [1.54, 1.807) is 13.8 Å². The zero-order chi connectivity index (χ0) is 22.5. The van der Waals surface area contributed by atoms with Gasteiger partial charge in [-0.05, 0) is 30.3 Å². The summed E-state index contributed by atoms with van der Waals surface area (Å²) in [7, 11) is -3.87. The third kappa shape index (κ3) is 5.60. The highest BCUT2D eigenvalue weighted by Crippen LogP contribution is 2.29. The van der Waals surface area contributed by atoms with Crippen LogP contribution in [0.1, 0.15) is 24.2 Å². The van der Waals surface area contributed by atoms with Gasteiger partial charge in [-0.3, -0.25) is 4.79 Å². The molecule has 0 bridgehead atoms. The van der Waals surface area contributed by atoms with Gasteiger partial charge in [0.1, 0.15) is 11.3 Å². The predicted octanol–water partition coefficient (Wildman–Crippen LogP) is 3.01. The summed E-state index contributed by atoms with van der Waals surface area (Å²) in [5, 5.41) is 12.3. The van der Waals surface area contributed by atoms with Crippen molar-refractivity contribution in [3.63, 3.8) is 0 Å². The van der Waals surface area contributed by atoms with E-state index >= 15 is 0 Å². The Hall–Kier alpha value is -2.86. The molecular formula is C18H20F3N3O5S. The Bertz CT molecular complexity index is 1010. The quantitative estimate of drug-likeness (QED) is 0.603. The Balaban J connectivity index is 2.32. The molecule has 0 saturated carbocycles. The van der Waals surface area contributed by atoms with Gasteiger partial charge in [0, 0.05) is 19.3 Å². The van der Waals surface area contributed by atoms with Crippen molar-refractivity contribution in [2.45, 2.75) is 24.9 Å². The van der Waals surface area contributed by atoms with Crippen LogP contribution in [0.5, 0.6) is 11.6 Å². The van der Waals surface area contributed by atoms with Gasteiger partial charge in [0.15, 0.2) is 6.61 Å². The molecule has 0 radical (unpaired) electrons. The zero-order valence-corrected chi connectivity index (χ0v) is 16.9. The van der Waals surface area contributed by atoms with Crippen LogP contribution in [0.3, 0.4) is 0 Å². The number of aromatic hydroxyl groups is 1. The molecule has 1 aromatic heterocycles. The summed E-state index contributed by atoms with van der Waals surface area (Å²) in [4.78, 5) is 16.0. The van der Waals surface area contributed by atoms with E-state index in [1.807, 2.05) is 0 Å². The van der Waals surface area contributed by atoms with Crippen LogP contribution in [0.4, 0.5) is 18.9 Å². The summed E-state index contributed by atoms with van der Waals surface area (Å²) < 4.78 is 68.3. The van der Waals surface area contributed by atoms with Crippen molar-refractivity contribution in [2.75, 3.05) is 25.0 Å². The third-order valence-corrected chi connectivity index (χ3v) is 5.99. The summed E-state index contributed by atoms with van der Waals surface area (Å²) in [6.07, 6.45) is -3.48. The molecule has 1 aromatic carbocycles. The number of hydrogen-bond acceptors (Lipinski definition) is 6. The SMILES string of the molecule is CCN(CC)S(=O)(=O)c1ccc(O)c(NC(=O)c2cccnc2OCC(F)(F)F)c1. The van der Waals surface area contributed by atoms with Crippen LogP contribution in [0.2, 0.25) is 0 Å². The lowest BCUT2D eigenvalue weighted by atomic mass is 10.2. The smallest absolute Gasteiger partial charge is 0.422 e. The van der Waals surface area contributed by atoms with Crippen molar-refractivity contribution in [1.82, 2.24) is 9.29 Å². The largest absolute Gasteiger partial charge is 0.506 e. The van der Waals surface area contributed by atoms with Crippen LogP contribution in [-0.4, -0.2) is 54.6 Å². The molecule has 2 aromatic rings. The van der Waals surface area contributed by atoms with Gasteiger partial charge in [-0.1, -0.05) is 13.8 Å². The molecule has 1 heterocycles. The Kier molecular flexibility index (Phi) is 7.26. The molecule has 0 unspecified atom stereocenters. The maximum atomic E-state index is 12.6. The molecule has 0 spiro atoms. The van der Waals surface area contributed by atoms with E-state index in [2.05, 4.69) is 15.0 Å². The first-order valence-electron chi connectivity index (χ1n) is 8.78. The second kappa shape index (κ2) is 9.30. The van der Waals surface area contributed by atoms with Gasteiger partial charge in [0.2, 0.25) is 15.9 Å². The third-order valence-electron chi connectivity index (χ3n) is 3.95. The molecular weight excluding hydrogens is 427 g/mol. The fourth-order valence-electron chi connectivity index (χ4n) is 2.51. The van der Waals surface area contributed by atoms with E-state index in [9.17, 15) is 31.5 Å². The standard InChI is InChI=1S/C18H20F3N3O5S/c1-3-24(4-2)30(27,28)12-7-8-15(25)14(10-12)23-16(26)13-6-5-9-22-17(13)29-11-18(19,20)21/h5-10,25H,3-4,11H2,1-2H3,(H,23,26). The molecule has 2 rings (SSSR count). The summed E-state index contributed by atoms with van der Waals surface area (Å²) >= 11 is 0. The van der Waals surface area contributed by atoms with E-state index < -0.39 is 40.3 Å². The number of benzene rings is 1. The minimum Gasteiger partial charge on any atom is -0.506 e. The number of amides is 1. The van der Waals surface area contributed by atoms with Crippen LogP contribution < -0.4 is 10.1 Å². The zero-order valence-electron chi connectivity index (χ0n) is 16.1. The minimum atomic E-state index is -4.63. The highest BCUT2D eigenvalue weighted by atomic mass is 32.2. The number of rotatable bonds is 8. The van der Waals surface area contributed by atoms with Gasteiger partial charge >= 0.3 is 6.18 Å². The number of aromatic nitrogens is 1. The van der Waals surface area contributed by atoms with Crippen molar-refractivity contribution >= 4 is 21.6 Å². The average molecular weight is 447 g/mol. The fourth-order valence-corrected chi connectivity index (χ4v) is 3.99. The van der Waals surface area contributed by atoms with Crippen molar-refractivity contribution < 1.29 is 36.2 Å². The normalized spacial score (nSPS) is 12.1. The maximum Gasteiger partial charge on any atom is 0.422 e. The number of phenols is 1. The van der Waals surface area contributed by atoms with Gasteiger partial charge in [-0.15, -0.1) is 0 Å². The summed E-state index contributed by atoms with van der Waals surface area (Å²) in [6.45, 7) is 2.12. The molecule has 12 heteroatoms. The Morgan fingerprint density at radius 1 is 1.23 bits per heavy atom. The number of sulfonamides is 1. The van der Waals surface area contributed by atoms with Gasteiger partial charge in [0.05, 0.1) is 10.6 Å². The number of phenolic OH excluding ortho intramolecular Hbond substituents is 1. The number of nitrogens with zero attached hydrogens (tertiary/aromatic N) is 2. The molecule has 0 aliphatic rings. The molecule has 30 heavy (non-hydrogen) atoms. The second-order valence-electron chi connectivity index (χ2n) is 5.98. The monoisotopic (exact) mass is 447 g/mol. The number of hydrogen-bond donors (Lipinski definition) is 2. The number of pyridine rings is 1. The van der Waals surface area contributed by atoms with Crippen LogP contribution >= 0.6 is 0 Å². The summed E-state index contributed by atoms with van der Waals surface area (Å²) in [6, 6.07) is 5.84. The van der Waals surface area contributed by atoms with Crippen molar-refractivity contribution in [3.05, 3.63) is 42.1 Å². The van der Waals surface area contributed by atoms with Gasteiger partial charge in [0.25, 0.3) is 5.91 Å². The number of anilines is 1. The lowest BCUT2D eigenvalue weighted by Crippen LogP contribution is -2.30. The van der Waals surface area contributed by atoms with Gasteiger partial charge in [-0.25, -0.2) is 13.4 Å². The molecule has 1 amide bonds. The van der Waals surface area contributed by atoms with E-state index in [4.69, 9.17) is 0 Å². The summed E-state index contributed by atoms with van der Waals surface area (Å²) in [5.41, 5.74) is -0.558. The molecule has 0 atom stereocenters. The molecule has 0 fully saturated rings. The van der Waals surface area contributed by atoms with E-state index in [1.165, 1.54) is 22.5 Å².